The molecular formula is C13H10Cl2N4OS. The van der Waals surface area contributed by atoms with Gasteiger partial charge in [-0.25, -0.2) is 0 Å². The normalized spacial score (nSPS) is 14.0. The van der Waals surface area contributed by atoms with Crippen LogP contribution in [-0.4, -0.2) is 20.9 Å². The zero-order valence-electron chi connectivity index (χ0n) is 10.7. The van der Waals surface area contributed by atoms with E-state index in [0.717, 1.165) is 23.4 Å². The van der Waals surface area contributed by atoms with Crippen molar-refractivity contribution in [1.29, 1.82) is 0 Å². The average molecular weight is 341 g/mol. The molecular weight excluding hydrogens is 331 g/mol. The predicted octanol–water partition coefficient (Wildman–Crippen LogP) is 3.68. The van der Waals surface area contributed by atoms with Crippen LogP contribution in [0.25, 0.3) is 0 Å². The lowest BCUT2D eigenvalue weighted by Crippen LogP contribution is -2.12. The zero-order chi connectivity index (χ0) is 14.8. The lowest BCUT2D eigenvalue weighted by atomic mass is 10.3. The molecule has 0 atom stereocenters. The maximum Gasteiger partial charge on any atom is 0.227 e. The number of aromatic nitrogens is 3. The van der Waals surface area contributed by atoms with E-state index in [0.29, 0.717) is 5.16 Å². The van der Waals surface area contributed by atoms with Gasteiger partial charge in [-0.05, 0) is 72.1 Å². The summed E-state index contributed by atoms with van der Waals surface area (Å²) in [5.74, 6) is 0.278. The molecule has 5 nitrogen and oxygen atoms in total. The molecule has 0 unspecified atom stereocenters. The van der Waals surface area contributed by atoms with Gasteiger partial charge in [0.15, 0.2) is 5.16 Å². The molecule has 0 spiro atoms. The molecule has 0 saturated heterocycles. The van der Waals surface area contributed by atoms with Crippen molar-refractivity contribution in [3.63, 3.8) is 0 Å². The minimum atomic E-state index is 0.0609. The van der Waals surface area contributed by atoms with E-state index in [1.165, 1.54) is 11.8 Å². The number of amides is 1. The minimum absolute atomic E-state index is 0.0609. The van der Waals surface area contributed by atoms with Gasteiger partial charge in [-0.2, -0.15) is 15.0 Å². The molecule has 1 fully saturated rings. The number of carbonyl (C=O) groups excluding carboxylic acids is 1. The zero-order valence-corrected chi connectivity index (χ0v) is 13.0. The van der Waals surface area contributed by atoms with Gasteiger partial charge in [0.1, 0.15) is 0 Å². The lowest BCUT2D eigenvalue weighted by Gasteiger charge is -2.05. The third kappa shape index (κ3) is 4.06. The van der Waals surface area contributed by atoms with Crippen molar-refractivity contribution in [2.24, 2.45) is 5.92 Å². The number of carbonyl (C=O) groups is 1. The number of hydrogen-bond donors (Lipinski definition) is 1. The monoisotopic (exact) mass is 340 g/mol. The summed E-state index contributed by atoms with van der Waals surface area (Å²) in [4.78, 5) is 24.2. The van der Waals surface area contributed by atoms with Crippen LogP contribution in [0, 0.1) is 5.92 Å². The minimum Gasteiger partial charge on any atom is -0.326 e. The Balaban J connectivity index is 1.67. The summed E-state index contributed by atoms with van der Waals surface area (Å²) in [6, 6.07) is 7.43. The average Bonchev–Trinajstić information content (AvgIpc) is 3.24. The first kappa shape index (κ1) is 14.6. The molecule has 1 aliphatic carbocycles. The summed E-state index contributed by atoms with van der Waals surface area (Å²) in [6.45, 7) is 0. The molecule has 0 radical (unpaired) electrons. The van der Waals surface area contributed by atoms with Crippen LogP contribution in [0.15, 0.2) is 34.3 Å². The van der Waals surface area contributed by atoms with E-state index in [9.17, 15) is 4.79 Å². The summed E-state index contributed by atoms with van der Waals surface area (Å²) < 4.78 is 0. The number of nitrogens with zero attached hydrogens (tertiary/aromatic N) is 3. The molecule has 1 amide bonds. The molecule has 0 aliphatic heterocycles. The van der Waals surface area contributed by atoms with Crippen LogP contribution < -0.4 is 5.32 Å². The highest BCUT2D eigenvalue weighted by atomic mass is 35.5. The van der Waals surface area contributed by atoms with E-state index in [-0.39, 0.29) is 22.4 Å². The topological polar surface area (TPSA) is 67.8 Å². The van der Waals surface area contributed by atoms with Crippen molar-refractivity contribution >= 4 is 46.6 Å². The number of nitrogens with one attached hydrogen (secondary N) is 1. The fourth-order valence-electron chi connectivity index (χ4n) is 1.66. The van der Waals surface area contributed by atoms with Gasteiger partial charge in [-0.1, -0.05) is 0 Å². The van der Waals surface area contributed by atoms with Crippen LogP contribution in [0.4, 0.5) is 5.69 Å². The van der Waals surface area contributed by atoms with Gasteiger partial charge in [0.2, 0.25) is 16.5 Å². The molecule has 3 rings (SSSR count). The number of anilines is 1. The molecule has 1 aromatic heterocycles. The van der Waals surface area contributed by atoms with Crippen molar-refractivity contribution in [2.45, 2.75) is 22.9 Å². The fourth-order valence-corrected chi connectivity index (χ4v) is 2.87. The summed E-state index contributed by atoms with van der Waals surface area (Å²) in [5, 5.41) is 3.43. The van der Waals surface area contributed by atoms with Crippen molar-refractivity contribution in [3.05, 3.63) is 34.8 Å². The number of benzene rings is 1. The van der Waals surface area contributed by atoms with Crippen LogP contribution in [0.1, 0.15) is 12.8 Å². The van der Waals surface area contributed by atoms with Crippen molar-refractivity contribution in [2.75, 3.05) is 5.32 Å². The molecule has 0 bridgehead atoms. The summed E-state index contributed by atoms with van der Waals surface area (Å²) in [5.41, 5.74) is 0.781. The third-order valence-electron chi connectivity index (χ3n) is 2.84. The Bertz CT molecular complexity index is 656. The maximum atomic E-state index is 11.7. The maximum absolute atomic E-state index is 11.7. The van der Waals surface area contributed by atoms with Gasteiger partial charge in [0.25, 0.3) is 0 Å². The SMILES string of the molecule is O=C(Nc1ccc(Sc2nc(Cl)nc(Cl)n2)cc1)C1CC1. The van der Waals surface area contributed by atoms with Crippen LogP contribution in [0.5, 0.6) is 0 Å². The smallest absolute Gasteiger partial charge is 0.227 e. The first-order valence-electron chi connectivity index (χ1n) is 6.26. The molecule has 1 aromatic carbocycles. The van der Waals surface area contributed by atoms with Gasteiger partial charge in [-0.3, -0.25) is 4.79 Å². The van der Waals surface area contributed by atoms with E-state index in [2.05, 4.69) is 20.3 Å². The Morgan fingerprint density at radius 3 is 2.29 bits per heavy atom. The highest BCUT2D eigenvalue weighted by Gasteiger charge is 2.29. The molecule has 1 saturated carbocycles. The van der Waals surface area contributed by atoms with Gasteiger partial charge >= 0.3 is 0 Å². The van der Waals surface area contributed by atoms with Crippen LogP contribution in [-0.2, 0) is 4.79 Å². The lowest BCUT2D eigenvalue weighted by molar-refractivity contribution is -0.117. The van der Waals surface area contributed by atoms with Crippen LogP contribution in [0.3, 0.4) is 0 Å². The molecule has 21 heavy (non-hydrogen) atoms. The number of hydrogen-bond acceptors (Lipinski definition) is 5. The molecule has 1 aliphatic rings. The van der Waals surface area contributed by atoms with Crippen LogP contribution >= 0.6 is 35.0 Å². The Labute approximate surface area is 135 Å². The van der Waals surface area contributed by atoms with E-state index in [1.54, 1.807) is 0 Å². The van der Waals surface area contributed by atoms with Gasteiger partial charge in [0, 0.05) is 16.5 Å². The molecule has 2 aromatic rings. The predicted molar refractivity (Wildman–Crippen MR) is 81.8 cm³/mol. The largest absolute Gasteiger partial charge is 0.326 e. The van der Waals surface area contributed by atoms with Crippen molar-refractivity contribution < 1.29 is 4.79 Å². The number of rotatable bonds is 4. The Morgan fingerprint density at radius 1 is 1.10 bits per heavy atom. The van der Waals surface area contributed by atoms with Crippen molar-refractivity contribution in [1.82, 2.24) is 15.0 Å². The molecule has 1 N–H and O–H groups in total. The molecule has 1 heterocycles. The van der Waals surface area contributed by atoms with Gasteiger partial charge < -0.3 is 5.32 Å². The van der Waals surface area contributed by atoms with Gasteiger partial charge in [-0.15, -0.1) is 0 Å². The summed E-state index contributed by atoms with van der Waals surface area (Å²) in [7, 11) is 0. The Kier molecular flexibility index (Phi) is 4.28. The van der Waals surface area contributed by atoms with E-state index in [1.807, 2.05) is 24.3 Å². The first-order chi connectivity index (χ1) is 10.1. The molecule has 8 heteroatoms. The second kappa shape index (κ2) is 6.17. The third-order valence-corrected chi connectivity index (χ3v) is 4.05. The summed E-state index contributed by atoms with van der Waals surface area (Å²) >= 11 is 12.8. The highest BCUT2D eigenvalue weighted by molar-refractivity contribution is 7.99. The second-order valence-corrected chi connectivity index (χ2v) is 6.26. The standard InChI is InChI=1S/C13H10Cl2N4OS/c14-11-17-12(15)19-13(18-11)21-9-5-3-8(4-6-9)16-10(20)7-1-2-7/h3-7H,1-2H2,(H,16,20). The first-order valence-corrected chi connectivity index (χ1v) is 7.83. The van der Waals surface area contributed by atoms with E-state index >= 15 is 0 Å². The Hall–Kier alpha value is -1.37. The number of halogens is 2. The van der Waals surface area contributed by atoms with E-state index in [4.69, 9.17) is 23.2 Å². The van der Waals surface area contributed by atoms with Crippen molar-refractivity contribution in [3.8, 4) is 0 Å². The second-order valence-electron chi connectivity index (χ2n) is 4.55. The summed E-state index contributed by atoms with van der Waals surface area (Å²) in [6.07, 6.45) is 1.97. The highest BCUT2D eigenvalue weighted by Crippen LogP contribution is 2.31. The van der Waals surface area contributed by atoms with E-state index < -0.39 is 0 Å². The quantitative estimate of drug-likeness (QED) is 0.919. The van der Waals surface area contributed by atoms with Crippen LogP contribution in [0.2, 0.25) is 10.6 Å². The van der Waals surface area contributed by atoms with Gasteiger partial charge in [0.05, 0.1) is 0 Å². The molecule has 108 valence electrons. The fraction of sp³-hybridized carbons (Fsp3) is 0.231. The Morgan fingerprint density at radius 2 is 1.71 bits per heavy atom.